The van der Waals surface area contributed by atoms with Gasteiger partial charge in [0.2, 0.25) is 0 Å². The van der Waals surface area contributed by atoms with Crippen molar-refractivity contribution in [3.63, 3.8) is 0 Å². The van der Waals surface area contributed by atoms with Crippen molar-refractivity contribution in [3.05, 3.63) is 34.4 Å². The lowest BCUT2D eigenvalue weighted by atomic mass is 9.36. The smallest absolute Gasteiger partial charge is 0.335 e. The Morgan fingerprint density at radius 1 is 0.955 bits per heavy atom. The quantitative estimate of drug-likeness (QED) is 0.338. The molecule has 0 spiro atoms. The lowest BCUT2D eigenvalue weighted by molar-refractivity contribution is -0.149. The minimum absolute atomic E-state index is 0.0160. The molecule has 0 saturated heterocycles. The van der Waals surface area contributed by atoms with Crippen molar-refractivity contribution >= 4 is 11.9 Å². The van der Waals surface area contributed by atoms with E-state index in [0.717, 1.165) is 11.1 Å². The molecule has 0 aromatic heterocycles. The number of carbonyl (C=O) groups is 2. The Hall–Kier alpha value is -1.84. The van der Waals surface area contributed by atoms with Crippen LogP contribution in [0.25, 0.3) is 0 Å². The number of allylic oxidation sites excluding steroid dienone is 3. The van der Waals surface area contributed by atoms with Gasteiger partial charge in [-0.15, -0.1) is 0 Å². The molecule has 2 aliphatic rings. The fourth-order valence-electron chi connectivity index (χ4n) is 3.92. The summed E-state index contributed by atoms with van der Waals surface area (Å²) in [6.45, 7) is 15.6. The molecule has 4 heteroatoms. The molecule has 0 saturated carbocycles. The molecule has 0 fully saturated rings. The molecule has 22 heavy (non-hydrogen) atoms. The number of hydrogen-bond acceptors (Lipinski definition) is 4. The summed E-state index contributed by atoms with van der Waals surface area (Å²) in [4.78, 5) is 23.6. The van der Waals surface area contributed by atoms with Crippen molar-refractivity contribution in [3.8, 4) is 0 Å². The van der Waals surface area contributed by atoms with E-state index in [2.05, 4.69) is 34.3 Å². The van der Waals surface area contributed by atoms with Gasteiger partial charge in [0, 0.05) is 22.0 Å². The van der Waals surface area contributed by atoms with Crippen LogP contribution in [-0.4, -0.2) is 25.2 Å². The lowest BCUT2D eigenvalue weighted by Gasteiger charge is -2.66. The number of hydrogen-bond donors (Lipinski definition) is 0. The molecule has 0 amide bonds. The van der Waals surface area contributed by atoms with Crippen LogP contribution in [0.1, 0.15) is 41.5 Å². The van der Waals surface area contributed by atoms with Gasteiger partial charge in [-0.3, -0.25) is 0 Å². The summed E-state index contributed by atoms with van der Waals surface area (Å²) in [6.07, 6.45) is 0. The van der Waals surface area contributed by atoms with Gasteiger partial charge in [0.15, 0.2) is 0 Å². The van der Waals surface area contributed by atoms with Crippen LogP contribution in [0.2, 0.25) is 0 Å². The van der Waals surface area contributed by atoms with Gasteiger partial charge >= 0.3 is 11.9 Å². The highest BCUT2D eigenvalue weighted by atomic mass is 16.6. The van der Waals surface area contributed by atoms with Crippen LogP contribution in [0.15, 0.2) is 34.4 Å². The summed E-state index contributed by atoms with van der Waals surface area (Å²) < 4.78 is 10.2. The van der Waals surface area contributed by atoms with Crippen LogP contribution in [0.5, 0.6) is 0 Å². The highest BCUT2D eigenvalue weighted by Gasteiger charge is 2.68. The molecule has 2 rings (SSSR count). The van der Waals surface area contributed by atoms with Gasteiger partial charge in [0.05, 0.1) is 0 Å². The van der Waals surface area contributed by atoms with E-state index in [-0.39, 0.29) is 30.0 Å². The van der Waals surface area contributed by atoms with Crippen molar-refractivity contribution < 1.29 is 19.1 Å². The van der Waals surface area contributed by atoms with Gasteiger partial charge in [-0.1, -0.05) is 37.1 Å². The fraction of sp³-hybridized carbons (Fsp3) is 0.556. The Balaban J connectivity index is 1.96. The summed E-state index contributed by atoms with van der Waals surface area (Å²) in [6, 6.07) is 0. The lowest BCUT2D eigenvalue weighted by Crippen LogP contribution is -2.60. The Kier molecular flexibility index (Phi) is 3.84. The van der Waals surface area contributed by atoms with E-state index in [4.69, 9.17) is 9.47 Å². The molecule has 120 valence electrons. The van der Waals surface area contributed by atoms with Gasteiger partial charge in [-0.25, -0.2) is 9.59 Å². The standard InChI is InChI=1S/C18H24O4/c1-10(2)15(19)21-8-9-22-16(20)14-13(5)17(6)11(3)12(4)18(14,17)7/h1,8-9H2,2-7H3. The molecule has 0 aromatic rings. The minimum atomic E-state index is -0.469. The minimum Gasteiger partial charge on any atom is -0.459 e. The maximum atomic E-state index is 12.3. The largest absolute Gasteiger partial charge is 0.459 e. The Bertz CT molecular complexity index is 637. The number of rotatable bonds is 5. The van der Waals surface area contributed by atoms with Crippen molar-refractivity contribution in [1.82, 2.24) is 0 Å². The first-order chi connectivity index (χ1) is 10.1. The van der Waals surface area contributed by atoms with Crippen molar-refractivity contribution in [2.45, 2.75) is 41.5 Å². The summed E-state index contributed by atoms with van der Waals surface area (Å²) in [7, 11) is 0. The first-order valence-corrected chi connectivity index (χ1v) is 7.50. The van der Waals surface area contributed by atoms with Crippen LogP contribution < -0.4 is 0 Å². The van der Waals surface area contributed by atoms with E-state index >= 15 is 0 Å². The molecule has 2 unspecified atom stereocenters. The van der Waals surface area contributed by atoms with E-state index in [0.29, 0.717) is 5.57 Å². The van der Waals surface area contributed by atoms with Gasteiger partial charge in [-0.2, -0.15) is 0 Å². The van der Waals surface area contributed by atoms with Crippen LogP contribution in [-0.2, 0) is 19.1 Å². The zero-order valence-electron chi connectivity index (χ0n) is 14.3. The molecule has 0 N–H and O–H groups in total. The third-order valence-corrected chi connectivity index (χ3v) is 5.79. The van der Waals surface area contributed by atoms with Gasteiger partial charge < -0.3 is 9.47 Å². The van der Waals surface area contributed by atoms with E-state index < -0.39 is 5.97 Å². The number of ether oxygens (including phenoxy) is 2. The Morgan fingerprint density at radius 3 is 2.00 bits per heavy atom. The van der Waals surface area contributed by atoms with Crippen molar-refractivity contribution in [1.29, 1.82) is 0 Å². The van der Waals surface area contributed by atoms with Crippen LogP contribution in [0, 0.1) is 10.8 Å². The third kappa shape index (κ3) is 1.82. The average molecular weight is 304 g/mol. The SMILES string of the molecule is C=C(C)C(=O)OCCOC(=O)C1=C(C)C2(C)C(C)=C(C)C12C. The zero-order chi connectivity index (χ0) is 16.9. The van der Waals surface area contributed by atoms with Gasteiger partial charge in [0.1, 0.15) is 13.2 Å². The highest BCUT2D eigenvalue weighted by molar-refractivity contribution is 5.97. The maximum absolute atomic E-state index is 12.3. The normalized spacial score (nSPS) is 29.4. The first-order valence-electron chi connectivity index (χ1n) is 7.50. The van der Waals surface area contributed by atoms with Crippen LogP contribution in [0.3, 0.4) is 0 Å². The molecule has 2 atom stereocenters. The summed E-state index contributed by atoms with van der Waals surface area (Å²) in [5, 5.41) is 0. The van der Waals surface area contributed by atoms with Crippen LogP contribution >= 0.6 is 0 Å². The molecule has 2 aliphatic carbocycles. The molecule has 0 aromatic carbocycles. The predicted molar refractivity (Wildman–Crippen MR) is 84.0 cm³/mol. The van der Waals surface area contributed by atoms with Crippen molar-refractivity contribution in [2.75, 3.05) is 13.2 Å². The summed E-state index contributed by atoms with van der Waals surface area (Å²) >= 11 is 0. The Morgan fingerprint density at radius 2 is 1.45 bits per heavy atom. The average Bonchev–Trinajstić information content (AvgIpc) is 2.48. The zero-order valence-corrected chi connectivity index (χ0v) is 14.3. The number of fused-ring (bicyclic) bond motifs is 1. The Labute approximate surface area is 131 Å². The van der Waals surface area contributed by atoms with Crippen molar-refractivity contribution in [2.24, 2.45) is 10.8 Å². The molecule has 4 nitrogen and oxygen atoms in total. The summed E-state index contributed by atoms with van der Waals surface area (Å²) in [5.41, 5.74) is 4.54. The highest BCUT2D eigenvalue weighted by Crippen LogP contribution is 2.74. The van der Waals surface area contributed by atoms with Gasteiger partial charge in [0.25, 0.3) is 0 Å². The second-order valence-electron chi connectivity index (χ2n) is 6.55. The topological polar surface area (TPSA) is 52.6 Å². The van der Waals surface area contributed by atoms with E-state index in [1.807, 2.05) is 6.92 Å². The number of carbonyl (C=O) groups excluding carboxylic acids is 2. The molecule has 0 aliphatic heterocycles. The molecular formula is C18H24O4. The second kappa shape index (κ2) is 5.11. The van der Waals surface area contributed by atoms with E-state index in [1.165, 1.54) is 11.1 Å². The predicted octanol–water partition coefficient (Wildman–Crippen LogP) is 3.34. The maximum Gasteiger partial charge on any atom is 0.335 e. The molecular weight excluding hydrogens is 280 g/mol. The van der Waals surface area contributed by atoms with Crippen LogP contribution in [0.4, 0.5) is 0 Å². The summed E-state index contributed by atoms with van der Waals surface area (Å²) in [5.74, 6) is -0.779. The van der Waals surface area contributed by atoms with E-state index in [1.54, 1.807) is 6.92 Å². The molecule has 0 radical (unpaired) electrons. The monoisotopic (exact) mass is 304 g/mol. The first kappa shape index (κ1) is 16.5. The second-order valence-corrected chi connectivity index (χ2v) is 6.55. The number of esters is 2. The van der Waals surface area contributed by atoms with Gasteiger partial charge in [-0.05, 0) is 27.7 Å². The molecule has 0 heterocycles. The third-order valence-electron chi connectivity index (χ3n) is 5.79. The molecule has 0 bridgehead atoms. The van der Waals surface area contributed by atoms with E-state index in [9.17, 15) is 9.59 Å². The fourth-order valence-corrected chi connectivity index (χ4v) is 3.92.